The SMILES string of the molecule is COC(C(=O)c1c(Cl)cnn1C)C1CC1. The fourth-order valence-corrected chi connectivity index (χ4v) is 1.99. The summed E-state index contributed by atoms with van der Waals surface area (Å²) < 4.78 is 6.72. The molecule has 1 aliphatic rings. The van der Waals surface area contributed by atoms with Gasteiger partial charge in [0.2, 0.25) is 5.78 Å². The van der Waals surface area contributed by atoms with Crippen molar-refractivity contribution in [2.75, 3.05) is 7.11 Å². The van der Waals surface area contributed by atoms with Crippen LogP contribution in [-0.2, 0) is 11.8 Å². The van der Waals surface area contributed by atoms with Gasteiger partial charge in [0.25, 0.3) is 0 Å². The van der Waals surface area contributed by atoms with Gasteiger partial charge in [0.05, 0.1) is 11.2 Å². The second kappa shape index (κ2) is 3.94. The Balaban J connectivity index is 2.26. The highest BCUT2D eigenvalue weighted by atomic mass is 35.5. The maximum Gasteiger partial charge on any atom is 0.211 e. The molecule has 4 nitrogen and oxygen atoms in total. The molecule has 1 saturated carbocycles. The molecule has 0 aliphatic heterocycles. The highest BCUT2D eigenvalue weighted by Crippen LogP contribution is 2.36. The third-order valence-electron chi connectivity index (χ3n) is 2.69. The van der Waals surface area contributed by atoms with Gasteiger partial charge in [-0.05, 0) is 18.8 Å². The van der Waals surface area contributed by atoms with Crippen molar-refractivity contribution >= 4 is 17.4 Å². The van der Waals surface area contributed by atoms with Crippen LogP contribution in [0.3, 0.4) is 0 Å². The topological polar surface area (TPSA) is 44.1 Å². The number of rotatable bonds is 4. The number of hydrogen-bond donors (Lipinski definition) is 0. The first-order valence-corrected chi connectivity index (χ1v) is 5.27. The summed E-state index contributed by atoms with van der Waals surface area (Å²) in [6.45, 7) is 0. The van der Waals surface area contributed by atoms with E-state index < -0.39 is 0 Å². The number of hydrogen-bond acceptors (Lipinski definition) is 3. The number of carbonyl (C=O) groups excluding carboxylic acids is 1. The van der Waals surface area contributed by atoms with Crippen LogP contribution in [-0.4, -0.2) is 28.8 Å². The number of ketones is 1. The average Bonchev–Trinajstić information content (AvgIpc) is 2.95. The summed E-state index contributed by atoms with van der Waals surface area (Å²) in [5.41, 5.74) is 0.440. The molecule has 1 aromatic heterocycles. The molecular weight excluding hydrogens is 216 g/mol. The highest BCUT2D eigenvalue weighted by molar-refractivity contribution is 6.33. The fraction of sp³-hybridized carbons (Fsp3) is 0.600. The lowest BCUT2D eigenvalue weighted by Crippen LogP contribution is -2.27. The van der Waals surface area contributed by atoms with E-state index in [2.05, 4.69) is 5.10 Å². The van der Waals surface area contributed by atoms with Crippen LogP contribution in [0.1, 0.15) is 23.3 Å². The standard InChI is InChI=1S/C10H13ClN2O2/c1-13-8(7(11)5-12-13)9(14)10(15-2)6-3-4-6/h5-6,10H,3-4H2,1-2H3. The van der Waals surface area contributed by atoms with Gasteiger partial charge in [0, 0.05) is 14.2 Å². The van der Waals surface area contributed by atoms with Crippen LogP contribution in [0.5, 0.6) is 0 Å². The fourth-order valence-electron chi connectivity index (χ4n) is 1.74. The maximum absolute atomic E-state index is 12.1. The first kappa shape index (κ1) is 10.6. The summed E-state index contributed by atoms with van der Waals surface area (Å²) >= 11 is 5.91. The van der Waals surface area contributed by atoms with E-state index in [9.17, 15) is 4.79 Å². The monoisotopic (exact) mass is 228 g/mol. The van der Waals surface area contributed by atoms with E-state index in [1.165, 1.54) is 10.9 Å². The number of halogens is 1. The van der Waals surface area contributed by atoms with Crippen molar-refractivity contribution in [2.24, 2.45) is 13.0 Å². The Morgan fingerprint density at radius 3 is 2.80 bits per heavy atom. The number of nitrogens with zero attached hydrogens (tertiary/aromatic N) is 2. The van der Waals surface area contributed by atoms with Crippen molar-refractivity contribution in [3.8, 4) is 0 Å². The summed E-state index contributed by atoms with van der Waals surface area (Å²) in [5, 5.41) is 4.34. The van der Waals surface area contributed by atoms with Crippen LogP contribution in [0.15, 0.2) is 6.20 Å². The van der Waals surface area contributed by atoms with Gasteiger partial charge in [0.1, 0.15) is 11.8 Å². The molecule has 2 rings (SSSR count). The molecule has 1 aliphatic carbocycles. The Labute approximate surface area is 93.2 Å². The predicted molar refractivity (Wildman–Crippen MR) is 56.1 cm³/mol. The Kier molecular flexibility index (Phi) is 2.80. The number of aromatic nitrogens is 2. The van der Waals surface area contributed by atoms with E-state index in [-0.39, 0.29) is 11.9 Å². The third-order valence-corrected chi connectivity index (χ3v) is 2.97. The highest BCUT2D eigenvalue weighted by Gasteiger charge is 2.38. The van der Waals surface area contributed by atoms with Crippen LogP contribution in [0.2, 0.25) is 5.02 Å². The maximum atomic E-state index is 12.1. The molecule has 0 spiro atoms. The van der Waals surface area contributed by atoms with Crippen LogP contribution in [0, 0.1) is 5.92 Å². The van der Waals surface area contributed by atoms with Crippen molar-refractivity contribution in [1.29, 1.82) is 0 Å². The molecule has 5 heteroatoms. The van der Waals surface area contributed by atoms with Crippen LogP contribution in [0.25, 0.3) is 0 Å². The van der Waals surface area contributed by atoms with E-state index in [1.54, 1.807) is 14.2 Å². The van der Waals surface area contributed by atoms with Crippen molar-refractivity contribution in [3.05, 3.63) is 16.9 Å². The quantitative estimate of drug-likeness (QED) is 0.737. The Bertz CT molecular complexity index is 365. The predicted octanol–water partition coefficient (Wildman–Crippen LogP) is 1.68. The number of aryl methyl sites for hydroxylation is 1. The normalized spacial score (nSPS) is 17.8. The van der Waals surface area contributed by atoms with Gasteiger partial charge < -0.3 is 4.74 Å². The van der Waals surface area contributed by atoms with Gasteiger partial charge in [-0.3, -0.25) is 9.48 Å². The second-order valence-corrected chi connectivity index (χ2v) is 4.23. The molecule has 0 N–H and O–H groups in total. The Morgan fingerprint density at radius 1 is 1.73 bits per heavy atom. The van der Waals surface area contributed by atoms with Crippen LogP contribution in [0.4, 0.5) is 0 Å². The molecule has 82 valence electrons. The lowest BCUT2D eigenvalue weighted by atomic mass is 10.1. The van der Waals surface area contributed by atoms with Gasteiger partial charge >= 0.3 is 0 Å². The Morgan fingerprint density at radius 2 is 2.40 bits per heavy atom. The molecule has 0 radical (unpaired) electrons. The third kappa shape index (κ3) is 1.92. The van der Waals surface area contributed by atoms with Gasteiger partial charge in [-0.2, -0.15) is 5.10 Å². The van der Waals surface area contributed by atoms with Gasteiger partial charge in [-0.25, -0.2) is 0 Å². The van der Waals surface area contributed by atoms with Crippen LogP contribution >= 0.6 is 11.6 Å². The van der Waals surface area contributed by atoms with Crippen molar-refractivity contribution in [1.82, 2.24) is 9.78 Å². The molecule has 15 heavy (non-hydrogen) atoms. The summed E-state index contributed by atoms with van der Waals surface area (Å²) in [6, 6.07) is 0. The summed E-state index contributed by atoms with van der Waals surface area (Å²) in [6.07, 6.45) is 3.23. The van der Waals surface area contributed by atoms with Gasteiger partial charge in [0.15, 0.2) is 0 Å². The number of Topliss-reactive ketones (excluding diaryl/α,β-unsaturated/α-hetero) is 1. The first-order valence-electron chi connectivity index (χ1n) is 4.89. The number of methoxy groups -OCH3 is 1. The molecule has 0 amide bonds. The first-order chi connectivity index (χ1) is 7.15. The van der Waals surface area contributed by atoms with Crippen molar-refractivity contribution in [3.63, 3.8) is 0 Å². The molecule has 1 heterocycles. The lowest BCUT2D eigenvalue weighted by Gasteiger charge is -2.13. The van der Waals surface area contributed by atoms with Gasteiger partial charge in [-0.1, -0.05) is 11.6 Å². The lowest BCUT2D eigenvalue weighted by molar-refractivity contribution is 0.0530. The summed E-state index contributed by atoms with van der Waals surface area (Å²) in [7, 11) is 3.27. The minimum Gasteiger partial charge on any atom is -0.373 e. The Hall–Kier alpha value is -0.870. The van der Waals surface area contributed by atoms with E-state index in [1.807, 2.05) is 0 Å². The number of ether oxygens (including phenoxy) is 1. The minimum atomic E-state index is -0.363. The number of carbonyl (C=O) groups is 1. The molecule has 0 saturated heterocycles. The molecule has 0 bridgehead atoms. The largest absolute Gasteiger partial charge is 0.373 e. The van der Waals surface area contributed by atoms with E-state index in [4.69, 9.17) is 16.3 Å². The molecule has 1 atom stereocenters. The minimum absolute atomic E-state index is 0.0648. The van der Waals surface area contributed by atoms with Gasteiger partial charge in [-0.15, -0.1) is 0 Å². The summed E-state index contributed by atoms with van der Waals surface area (Å²) in [4.78, 5) is 12.1. The zero-order chi connectivity index (χ0) is 11.0. The zero-order valence-corrected chi connectivity index (χ0v) is 9.49. The van der Waals surface area contributed by atoms with Crippen molar-refractivity contribution < 1.29 is 9.53 Å². The second-order valence-electron chi connectivity index (χ2n) is 3.82. The molecule has 1 aromatic rings. The molecule has 0 aromatic carbocycles. The van der Waals surface area contributed by atoms with E-state index >= 15 is 0 Å². The average molecular weight is 229 g/mol. The van der Waals surface area contributed by atoms with Crippen molar-refractivity contribution in [2.45, 2.75) is 18.9 Å². The molecule has 1 fully saturated rings. The van der Waals surface area contributed by atoms with Crippen LogP contribution < -0.4 is 0 Å². The summed E-state index contributed by atoms with van der Waals surface area (Å²) in [5.74, 6) is 0.290. The smallest absolute Gasteiger partial charge is 0.211 e. The van der Waals surface area contributed by atoms with E-state index in [0.717, 1.165) is 12.8 Å². The zero-order valence-electron chi connectivity index (χ0n) is 8.74. The molecular formula is C10H13ClN2O2. The van der Waals surface area contributed by atoms with E-state index in [0.29, 0.717) is 16.6 Å². The molecule has 1 unspecified atom stereocenters.